The van der Waals surface area contributed by atoms with E-state index in [0.29, 0.717) is 6.54 Å². The van der Waals surface area contributed by atoms with E-state index in [0.717, 1.165) is 0 Å². The van der Waals surface area contributed by atoms with Crippen molar-refractivity contribution < 1.29 is 9.59 Å². The number of amides is 2. The van der Waals surface area contributed by atoms with Gasteiger partial charge in [-0.1, -0.05) is 0 Å². The van der Waals surface area contributed by atoms with Crippen molar-refractivity contribution in [3.05, 3.63) is 28.2 Å². The Balaban J connectivity index is 2.63. The first-order chi connectivity index (χ1) is 8.04. The minimum Gasteiger partial charge on any atom is -0.355 e. The van der Waals surface area contributed by atoms with Gasteiger partial charge >= 0.3 is 0 Å². The first-order valence-electron chi connectivity index (χ1n) is 5.19. The number of nitrogens with one attached hydrogen (secondary N) is 3. The average molecular weight is 238 g/mol. The van der Waals surface area contributed by atoms with E-state index >= 15 is 0 Å². The molecule has 0 aliphatic carbocycles. The van der Waals surface area contributed by atoms with E-state index in [9.17, 15) is 14.4 Å². The summed E-state index contributed by atoms with van der Waals surface area (Å²) in [6.07, 6.45) is 0. The number of nitrogens with zero attached hydrogens (tertiary/aromatic N) is 1. The van der Waals surface area contributed by atoms with Crippen LogP contribution in [0.5, 0.6) is 0 Å². The molecule has 1 unspecified atom stereocenters. The molecular formula is C10H14N4O3. The Morgan fingerprint density at radius 2 is 2.18 bits per heavy atom. The van der Waals surface area contributed by atoms with E-state index in [-0.39, 0.29) is 11.6 Å². The maximum Gasteiger partial charge on any atom is 0.272 e. The highest BCUT2D eigenvalue weighted by Crippen LogP contribution is 1.91. The molecule has 3 N–H and O–H groups in total. The van der Waals surface area contributed by atoms with Gasteiger partial charge < -0.3 is 10.6 Å². The van der Waals surface area contributed by atoms with Crippen LogP contribution < -0.4 is 16.2 Å². The van der Waals surface area contributed by atoms with Crippen LogP contribution in [0.25, 0.3) is 0 Å². The summed E-state index contributed by atoms with van der Waals surface area (Å²) in [7, 11) is 0. The molecule has 0 aliphatic rings. The van der Waals surface area contributed by atoms with E-state index in [1.165, 1.54) is 12.1 Å². The predicted octanol–water partition coefficient (Wildman–Crippen LogP) is -0.976. The molecular weight excluding hydrogens is 224 g/mol. The number of hydrogen-bond acceptors (Lipinski definition) is 4. The third-order valence-electron chi connectivity index (χ3n) is 2.00. The van der Waals surface area contributed by atoms with E-state index in [1.807, 2.05) is 0 Å². The zero-order chi connectivity index (χ0) is 12.8. The largest absolute Gasteiger partial charge is 0.355 e. The number of likely N-dealkylation sites (N-methyl/N-ethyl adjacent to an activating group) is 1. The molecule has 0 saturated carbocycles. The topological polar surface area (TPSA) is 104 Å². The van der Waals surface area contributed by atoms with Crippen LogP contribution in [-0.2, 0) is 4.79 Å². The van der Waals surface area contributed by atoms with Crippen molar-refractivity contribution >= 4 is 11.8 Å². The summed E-state index contributed by atoms with van der Waals surface area (Å²) < 4.78 is 0. The van der Waals surface area contributed by atoms with Crippen LogP contribution in [0.2, 0.25) is 0 Å². The Morgan fingerprint density at radius 1 is 1.47 bits per heavy atom. The first kappa shape index (κ1) is 12.9. The quantitative estimate of drug-likeness (QED) is 0.627. The average Bonchev–Trinajstić information content (AvgIpc) is 2.30. The Morgan fingerprint density at radius 3 is 2.71 bits per heavy atom. The second kappa shape index (κ2) is 5.78. The molecule has 0 aromatic carbocycles. The molecule has 1 rings (SSSR count). The molecule has 0 spiro atoms. The predicted molar refractivity (Wildman–Crippen MR) is 60.5 cm³/mol. The van der Waals surface area contributed by atoms with Crippen molar-refractivity contribution in [2.75, 3.05) is 6.54 Å². The first-order valence-corrected chi connectivity index (χ1v) is 5.19. The van der Waals surface area contributed by atoms with Gasteiger partial charge in [0.15, 0.2) is 0 Å². The summed E-state index contributed by atoms with van der Waals surface area (Å²) in [4.78, 5) is 33.7. The molecule has 0 radical (unpaired) electrons. The summed E-state index contributed by atoms with van der Waals surface area (Å²) >= 11 is 0. The van der Waals surface area contributed by atoms with E-state index in [4.69, 9.17) is 0 Å². The van der Waals surface area contributed by atoms with Crippen LogP contribution >= 0.6 is 0 Å². The van der Waals surface area contributed by atoms with Crippen LogP contribution in [0.15, 0.2) is 16.9 Å². The lowest BCUT2D eigenvalue weighted by Crippen LogP contribution is -2.45. The summed E-state index contributed by atoms with van der Waals surface area (Å²) in [5, 5.41) is 10.7. The standard InChI is InChI=1S/C10H14N4O3/c1-3-11-9(16)6(2)12-10(17)7-4-5-8(15)14-13-7/h4-6H,3H2,1-2H3,(H,11,16)(H,12,17)(H,14,15). The molecule has 2 amide bonds. The van der Waals surface area contributed by atoms with Gasteiger partial charge in [0.1, 0.15) is 11.7 Å². The zero-order valence-corrected chi connectivity index (χ0v) is 9.61. The van der Waals surface area contributed by atoms with Crippen LogP contribution in [0.3, 0.4) is 0 Å². The number of carbonyl (C=O) groups is 2. The Bertz CT molecular complexity index is 448. The van der Waals surface area contributed by atoms with Crippen molar-refractivity contribution in [1.82, 2.24) is 20.8 Å². The molecule has 0 saturated heterocycles. The van der Waals surface area contributed by atoms with Crippen molar-refractivity contribution in [2.45, 2.75) is 19.9 Å². The van der Waals surface area contributed by atoms with Crippen LogP contribution in [-0.4, -0.2) is 34.6 Å². The third-order valence-corrected chi connectivity index (χ3v) is 2.00. The molecule has 92 valence electrons. The maximum atomic E-state index is 11.6. The lowest BCUT2D eigenvalue weighted by atomic mass is 10.3. The lowest BCUT2D eigenvalue weighted by Gasteiger charge is -2.12. The smallest absolute Gasteiger partial charge is 0.272 e. The number of H-pyrrole nitrogens is 1. The molecule has 0 bridgehead atoms. The second-order valence-corrected chi connectivity index (χ2v) is 3.40. The summed E-state index contributed by atoms with van der Waals surface area (Å²) in [6.45, 7) is 3.85. The molecule has 1 aromatic heterocycles. The minimum atomic E-state index is -0.656. The third kappa shape index (κ3) is 3.71. The summed E-state index contributed by atoms with van der Waals surface area (Å²) in [5.41, 5.74) is -0.334. The molecule has 7 heteroatoms. The minimum absolute atomic E-state index is 0.0562. The van der Waals surface area contributed by atoms with Crippen molar-refractivity contribution in [3.8, 4) is 0 Å². The van der Waals surface area contributed by atoms with Crippen molar-refractivity contribution in [1.29, 1.82) is 0 Å². The highest BCUT2D eigenvalue weighted by molar-refractivity contribution is 5.95. The van der Waals surface area contributed by atoms with Crippen LogP contribution in [0.4, 0.5) is 0 Å². The van der Waals surface area contributed by atoms with E-state index in [1.54, 1.807) is 13.8 Å². The molecule has 7 nitrogen and oxygen atoms in total. The van der Waals surface area contributed by atoms with Crippen LogP contribution in [0, 0.1) is 0 Å². The van der Waals surface area contributed by atoms with Crippen molar-refractivity contribution in [3.63, 3.8) is 0 Å². The maximum absolute atomic E-state index is 11.6. The molecule has 1 heterocycles. The number of aromatic nitrogens is 2. The fourth-order valence-corrected chi connectivity index (χ4v) is 1.13. The van der Waals surface area contributed by atoms with E-state index in [2.05, 4.69) is 20.8 Å². The van der Waals surface area contributed by atoms with Gasteiger partial charge in [-0.3, -0.25) is 14.4 Å². The fraction of sp³-hybridized carbons (Fsp3) is 0.400. The number of hydrogen-bond donors (Lipinski definition) is 3. The normalized spacial score (nSPS) is 11.6. The Hall–Kier alpha value is -2.18. The monoisotopic (exact) mass is 238 g/mol. The van der Waals surface area contributed by atoms with Gasteiger partial charge in [-0.05, 0) is 19.9 Å². The van der Waals surface area contributed by atoms with Gasteiger partial charge in [0, 0.05) is 12.6 Å². The molecule has 0 fully saturated rings. The lowest BCUT2D eigenvalue weighted by molar-refractivity contribution is -0.122. The van der Waals surface area contributed by atoms with Gasteiger partial charge in [-0.2, -0.15) is 5.10 Å². The van der Waals surface area contributed by atoms with E-state index < -0.39 is 17.5 Å². The van der Waals surface area contributed by atoms with Gasteiger partial charge in [0.05, 0.1) is 0 Å². The van der Waals surface area contributed by atoms with Crippen molar-refractivity contribution in [2.24, 2.45) is 0 Å². The van der Waals surface area contributed by atoms with Gasteiger partial charge in [-0.15, -0.1) is 0 Å². The molecule has 1 atom stereocenters. The van der Waals surface area contributed by atoms with Gasteiger partial charge in [0.2, 0.25) is 5.91 Å². The van der Waals surface area contributed by atoms with Gasteiger partial charge in [0.25, 0.3) is 11.5 Å². The summed E-state index contributed by atoms with van der Waals surface area (Å²) in [5.74, 6) is -0.787. The van der Waals surface area contributed by atoms with Crippen LogP contribution in [0.1, 0.15) is 24.3 Å². The zero-order valence-electron chi connectivity index (χ0n) is 9.61. The SMILES string of the molecule is CCNC(=O)C(C)NC(=O)c1ccc(=O)[nH]n1. The number of carbonyl (C=O) groups excluding carboxylic acids is 2. The highest BCUT2D eigenvalue weighted by atomic mass is 16.2. The number of rotatable bonds is 4. The molecule has 0 aliphatic heterocycles. The fourth-order valence-electron chi connectivity index (χ4n) is 1.13. The molecule has 1 aromatic rings. The summed E-state index contributed by atoms with van der Waals surface area (Å²) in [6, 6.07) is 1.83. The van der Waals surface area contributed by atoms with Gasteiger partial charge in [-0.25, -0.2) is 5.10 Å². The second-order valence-electron chi connectivity index (χ2n) is 3.40. The highest BCUT2D eigenvalue weighted by Gasteiger charge is 2.16. The Kier molecular flexibility index (Phi) is 4.38. The molecule has 17 heavy (non-hydrogen) atoms. The number of aromatic amines is 1. The Labute approximate surface area is 97.6 Å².